The molecule has 27 heavy (non-hydrogen) atoms. The maximum Gasteiger partial charge on any atom is 0.311 e. The first-order chi connectivity index (χ1) is 13.2. The Morgan fingerprint density at radius 1 is 0.852 bits per heavy atom. The highest BCUT2D eigenvalue weighted by atomic mass is 16.4. The second kappa shape index (κ2) is 16.0. The Labute approximate surface area is 163 Å². The van der Waals surface area contributed by atoms with Crippen molar-refractivity contribution in [1.82, 2.24) is 20.2 Å². The lowest BCUT2D eigenvalue weighted by Crippen LogP contribution is -2.05. The minimum atomic E-state index is -0.923. The summed E-state index contributed by atoms with van der Waals surface area (Å²) in [6, 6.07) is 12.0. The highest BCUT2D eigenvalue weighted by Crippen LogP contribution is 2.10. The van der Waals surface area contributed by atoms with Gasteiger partial charge in [-0.05, 0) is 11.6 Å². The zero-order valence-electron chi connectivity index (χ0n) is 16.6. The molecule has 0 spiro atoms. The summed E-state index contributed by atoms with van der Waals surface area (Å²) in [6.07, 6.45) is 12.7. The van der Waals surface area contributed by atoms with Crippen molar-refractivity contribution in [1.29, 1.82) is 0 Å². The normalized spacial score (nSPS) is 10.3. The Balaban J connectivity index is 0.000000511. The number of aliphatic carboxylic acids is 1. The van der Waals surface area contributed by atoms with Gasteiger partial charge in [0.2, 0.25) is 0 Å². The van der Waals surface area contributed by atoms with Crippen LogP contribution in [-0.4, -0.2) is 31.3 Å². The number of rotatable bonds is 13. The van der Waals surface area contributed by atoms with Gasteiger partial charge in [0.1, 0.15) is 6.42 Å². The average Bonchev–Trinajstić information content (AvgIpc) is 3.12. The smallest absolute Gasteiger partial charge is 0.311 e. The second-order valence-corrected chi connectivity index (χ2v) is 6.71. The molecule has 1 N–H and O–H groups in total. The third-order valence-corrected chi connectivity index (χ3v) is 4.18. The number of aromatic nitrogens is 4. The minimum Gasteiger partial charge on any atom is -0.481 e. The SMILES string of the molecule is CCCCCCCCCCCCn1nnc(CC(=O)O)n1.c1ccccc1. The van der Waals surface area contributed by atoms with E-state index >= 15 is 0 Å². The van der Waals surface area contributed by atoms with Crippen molar-refractivity contribution in [3.05, 3.63) is 42.2 Å². The summed E-state index contributed by atoms with van der Waals surface area (Å²) in [5.41, 5.74) is 0. The molecule has 0 radical (unpaired) electrons. The van der Waals surface area contributed by atoms with E-state index in [0.717, 1.165) is 13.0 Å². The van der Waals surface area contributed by atoms with E-state index in [1.165, 1.54) is 62.6 Å². The molecule has 1 aromatic heterocycles. The van der Waals surface area contributed by atoms with E-state index in [9.17, 15) is 4.79 Å². The van der Waals surface area contributed by atoms with Crippen LogP contribution in [0.5, 0.6) is 0 Å². The van der Waals surface area contributed by atoms with Gasteiger partial charge < -0.3 is 5.11 Å². The van der Waals surface area contributed by atoms with Crippen molar-refractivity contribution >= 4 is 5.97 Å². The van der Waals surface area contributed by atoms with Crippen LogP contribution in [0.25, 0.3) is 0 Å². The van der Waals surface area contributed by atoms with E-state index in [0.29, 0.717) is 0 Å². The summed E-state index contributed by atoms with van der Waals surface area (Å²) in [5, 5.41) is 20.2. The fraction of sp³-hybridized carbons (Fsp3) is 0.619. The van der Waals surface area contributed by atoms with Crippen molar-refractivity contribution in [2.24, 2.45) is 0 Å². The van der Waals surface area contributed by atoms with Gasteiger partial charge in [-0.2, -0.15) is 4.80 Å². The molecule has 0 aliphatic rings. The van der Waals surface area contributed by atoms with Crippen LogP contribution < -0.4 is 0 Å². The van der Waals surface area contributed by atoms with E-state index in [4.69, 9.17) is 5.11 Å². The van der Waals surface area contributed by atoms with E-state index < -0.39 is 5.97 Å². The molecule has 0 bridgehead atoms. The number of carboxylic acids is 1. The predicted octanol–water partition coefficient (Wildman–Crippen LogP) is 4.91. The van der Waals surface area contributed by atoms with E-state index in [1.807, 2.05) is 36.4 Å². The zero-order valence-corrected chi connectivity index (χ0v) is 16.6. The molecule has 1 aromatic carbocycles. The molecule has 0 unspecified atom stereocenters. The fourth-order valence-corrected chi connectivity index (χ4v) is 2.70. The standard InChI is InChI=1S/C15H28N4O2.C6H6/c1-2-3-4-5-6-7-8-9-10-11-12-19-17-14(16-18-19)13-15(20)21;1-2-4-6-5-3-1/h2-13H2,1H3,(H,20,21);1-6H. The molecular formula is C21H34N4O2. The molecule has 0 aliphatic heterocycles. The van der Waals surface area contributed by atoms with Crippen LogP contribution >= 0.6 is 0 Å². The number of aryl methyl sites for hydroxylation is 1. The molecule has 1 heterocycles. The summed E-state index contributed by atoms with van der Waals surface area (Å²) >= 11 is 0. The number of unbranched alkanes of at least 4 members (excludes halogenated alkanes) is 9. The average molecular weight is 375 g/mol. The van der Waals surface area contributed by atoms with Gasteiger partial charge in [-0.15, -0.1) is 10.2 Å². The Morgan fingerprint density at radius 2 is 1.33 bits per heavy atom. The molecule has 0 aliphatic carbocycles. The maximum absolute atomic E-state index is 10.5. The molecule has 0 amide bonds. The molecule has 0 atom stereocenters. The second-order valence-electron chi connectivity index (χ2n) is 6.71. The number of tetrazole rings is 1. The number of carbonyl (C=O) groups is 1. The molecule has 6 nitrogen and oxygen atoms in total. The molecule has 6 heteroatoms. The van der Waals surface area contributed by atoms with E-state index in [1.54, 1.807) is 0 Å². The van der Waals surface area contributed by atoms with Crippen molar-refractivity contribution in [2.45, 2.75) is 84.1 Å². The lowest BCUT2D eigenvalue weighted by Gasteiger charge is -2.02. The summed E-state index contributed by atoms with van der Waals surface area (Å²) in [5.74, 6) is -0.636. The molecule has 0 saturated carbocycles. The fourth-order valence-electron chi connectivity index (χ4n) is 2.70. The molecule has 2 rings (SSSR count). The van der Waals surface area contributed by atoms with Crippen molar-refractivity contribution in [3.63, 3.8) is 0 Å². The Hall–Kier alpha value is -2.24. The lowest BCUT2D eigenvalue weighted by atomic mass is 10.1. The van der Waals surface area contributed by atoms with Crippen molar-refractivity contribution < 1.29 is 9.90 Å². The van der Waals surface area contributed by atoms with Crippen LogP contribution in [0, 0.1) is 0 Å². The summed E-state index contributed by atoms with van der Waals surface area (Å²) in [4.78, 5) is 12.0. The van der Waals surface area contributed by atoms with Crippen LogP contribution in [0.4, 0.5) is 0 Å². The lowest BCUT2D eigenvalue weighted by molar-refractivity contribution is -0.136. The quantitative estimate of drug-likeness (QED) is 0.504. The highest BCUT2D eigenvalue weighted by Gasteiger charge is 2.06. The Morgan fingerprint density at radius 3 is 1.81 bits per heavy atom. The summed E-state index contributed by atoms with van der Waals surface area (Å²) in [6.45, 7) is 2.97. The van der Waals surface area contributed by atoms with Crippen LogP contribution in [0.3, 0.4) is 0 Å². The molecule has 0 fully saturated rings. The van der Waals surface area contributed by atoms with Gasteiger partial charge in [-0.1, -0.05) is 101 Å². The van der Waals surface area contributed by atoms with E-state index in [2.05, 4.69) is 22.3 Å². The summed E-state index contributed by atoms with van der Waals surface area (Å²) < 4.78 is 0. The molecular weight excluding hydrogens is 340 g/mol. The monoisotopic (exact) mass is 374 g/mol. The maximum atomic E-state index is 10.5. The van der Waals surface area contributed by atoms with Gasteiger partial charge in [-0.25, -0.2) is 0 Å². The van der Waals surface area contributed by atoms with Gasteiger partial charge in [0.25, 0.3) is 0 Å². The predicted molar refractivity (Wildman–Crippen MR) is 107 cm³/mol. The van der Waals surface area contributed by atoms with Gasteiger partial charge in [0.15, 0.2) is 5.82 Å². The number of hydrogen-bond acceptors (Lipinski definition) is 4. The first kappa shape index (κ1) is 22.8. The third-order valence-electron chi connectivity index (χ3n) is 4.18. The van der Waals surface area contributed by atoms with Gasteiger partial charge in [0, 0.05) is 0 Å². The Kier molecular flexibility index (Phi) is 13.5. The molecule has 0 saturated heterocycles. The van der Waals surface area contributed by atoms with Crippen molar-refractivity contribution in [2.75, 3.05) is 0 Å². The van der Waals surface area contributed by atoms with Crippen molar-refractivity contribution in [3.8, 4) is 0 Å². The number of carboxylic acid groups (broad SMARTS) is 1. The third kappa shape index (κ3) is 13.6. The number of nitrogens with zero attached hydrogens (tertiary/aromatic N) is 4. The van der Waals surface area contributed by atoms with Gasteiger partial charge in [-0.3, -0.25) is 4.79 Å². The largest absolute Gasteiger partial charge is 0.481 e. The van der Waals surface area contributed by atoms with Gasteiger partial charge in [0.05, 0.1) is 6.54 Å². The van der Waals surface area contributed by atoms with Gasteiger partial charge >= 0.3 is 5.97 Å². The summed E-state index contributed by atoms with van der Waals surface area (Å²) in [7, 11) is 0. The van der Waals surface area contributed by atoms with Crippen LogP contribution in [-0.2, 0) is 17.8 Å². The molecule has 150 valence electrons. The first-order valence-electron chi connectivity index (χ1n) is 10.2. The van der Waals surface area contributed by atoms with E-state index in [-0.39, 0.29) is 12.2 Å². The molecule has 2 aromatic rings. The van der Waals surface area contributed by atoms with Crippen LogP contribution in [0.2, 0.25) is 0 Å². The Bertz CT molecular complexity index is 560. The highest BCUT2D eigenvalue weighted by molar-refractivity contribution is 5.68. The van der Waals surface area contributed by atoms with Crippen LogP contribution in [0.1, 0.15) is 77.0 Å². The first-order valence-corrected chi connectivity index (χ1v) is 10.2. The number of hydrogen-bond donors (Lipinski definition) is 1. The topological polar surface area (TPSA) is 80.9 Å². The minimum absolute atomic E-state index is 0.155. The van der Waals surface area contributed by atoms with Crippen LogP contribution in [0.15, 0.2) is 36.4 Å². The zero-order chi connectivity index (χ0) is 19.6. The number of benzene rings is 1.